The van der Waals surface area contributed by atoms with Gasteiger partial charge in [-0.25, -0.2) is 8.78 Å². The van der Waals surface area contributed by atoms with Gasteiger partial charge in [-0.2, -0.15) is 0 Å². The highest BCUT2D eigenvalue weighted by Crippen LogP contribution is 2.26. The van der Waals surface area contributed by atoms with Gasteiger partial charge in [-0.15, -0.1) is 11.3 Å². The number of benzene rings is 2. The third kappa shape index (κ3) is 4.71. The van der Waals surface area contributed by atoms with Gasteiger partial charge >= 0.3 is 0 Å². The Morgan fingerprint density at radius 3 is 2.48 bits per heavy atom. The van der Waals surface area contributed by atoms with E-state index < -0.39 is 5.82 Å². The van der Waals surface area contributed by atoms with Gasteiger partial charge in [0.05, 0.1) is 12.6 Å². The van der Waals surface area contributed by atoms with E-state index in [1.54, 1.807) is 29.5 Å². The predicted octanol–water partition coefficient (Wildman–Crippen LogP) is 4.34. The molecule has 1 amide bonds. The van der Waals surface area contributed by atoms with Crippen LogP contribution in [0.4, 0.5) is 14.5 Å². The van der Waals surface area contributed by atoms with E-state index in [0.717, 1.165) is 10.4 Å². The summed E-state index contributed by atoms with van der Waals surface area (Å²) in [7, 11) is 0. The average Bonchev–Trinajstić information content (AvgIpc) is 3.11. The van der Waals surface area contributed by atoms with Crippen molar-refractivity contribution >= 4 is 22.9 Å². The Hall–Kier alpha value is -2.57. The maximum atomic E-state index is 13.2. The summed E-state index contributed by atoms with van der Waals surface area (Å²) in [6.07, 6.45) is 0. The molecular weight excluding hydrogens is 342 g/mol. The van der Waals surface area contributed by atoms with Gasteiger partial charge in [0.25, 0.3) is 0 Å². The maximum absolute atomic E-state index is 13.2. The fraction of sp³-hybridized carbons (Fsp3) is 0.105. The van der Waals surface area contributed by atoms with Crippen molar-refractivity contribution in [3.63, 3.8) is 0 Å². The van der Waals surface area contributed by atoms with E-state index >= 15 is 0 Å². The van der Waals surface area contributed by atoms with E-state index in [2.05, 4.69) is 10.6 Å². The molecule has 1 heterocycles. The Balaban J connectivity index is 1.68. The topological polar surface area (TPSA) is 41.1 Å². The van der Waals surface area contributed by atoms with Crippen LogP contribution in [0.25, 0.3) is 0 Å². The molecule has 0 saturated heterocycles. The molecule has 2 N–H and O–H groups in total. The highest BCUT2D eigenvalue weighted by Gasteiger charge is 2.16. The van der Waals surface area contributed by atoms with Crippen molar-refractivity contribution in [2.75, 3.05) is 11.9 Å². The van der Waals surface area contributed by atoms with Crippen molar-refractivity contribution in [2.24, 2.45) is 0 Å². The first-order valence-corrected chi connectivity index (χ1v) is 8.57. The highest BCUT2D eigenvalue weighted by atomic mass is 32.1. The van der Waals surface area contributed by atoms with Gasteiger partial charge in [-0.05, 0) is 47.3 Å². The summed E-state index contributed by atoms with van der Waals surface area (Å²) in [5, 5.41) is 7.77. The lowest BCUT2D eigenvalue weighted by Crippen LogP contribution is -2.31. The van der Waals surface area contributed by atoms with E-state index in [4.69, 9.17) is 0 Å². The SMILES string of the molecule is O=C(CNC(c1ccc(F)cc1)c1cccs1)Nc1cccc(F)c1. The fourth-order valence-corrected chi connectivity index (χ4v) is 3.29. The molecule has 128 valence electrons. The van der Waals surface area contributed by atoms with Crippen LogP contribution < -0.4 is 10.6 Å². The van der Waals surface area contributed by atoms with Crippen LogP contribution in [0.1, 0.15) is 16.5 Å². The number of hydrogen-bond donors (Lipinski definition) is 2. The molecule has 2 aromatic carbocycles. The smallest absolute Gasteiger partial charge is 0.238 e. The number of anilines is 1. The van der Waals surface area contributed by atoms with Crippen LogP contribution in [0.3, 0.4) is 0 Å². The van der Waals surface area contributed by atoms with Crippen LogP contribution in [-0.4, -0.2) is 12.5 Å². The van der Waals surface area contributed by atoms with Crippen LogP contribution in [0.15, 0.2) is 66.0 Å². The van der Waals surface area contributed by atoms with E-state index in [1.165, 1.54) is 30.3 Å². The normalized spacial score (nSPS) is 11.9. The van der Waals surface area contributed by atoms with E-state index in [1.807, 2.05) is 17.5 Å². The second-order valence-corrected chi connectivity index (χ2v) is 6.42. The number of thiophene rings is 1. The standard InChI is InChI=1S/C19H16F2N2OS/c20-14-8-6-13(7-9-14)19(17-5-2-10-25-17)22-12-18(24)23-16-4-1-3-15(21)11-16/h1-11,19,22H,12H2,(H,23,24). The molecule has 1 aromatic heterocycles. The molecule has 0 aliphatic carbocycles. The van der Waals surface area contributed by atoms with Crippen molar-refractivity contribution in [3.05, 3.63) is 88.1 Å². The number of carbonyl (C=O) groups is 1. The Kier molecular flexibility index (Phi) is 5.53. The van der Waals surface area contributed by atoms with Gasteiger partial charge in [0.15, 0.2) is 0 Å². The molecule has 0 radical (unpaired) electrons. The lowest BCUT2D eigenvalue weighted by atomic mass is 10.1. The van der Waals surface area contributed by atoms with Crippen molar-refractivity contribution < 1.29 is 13.6 Å². The number of carbonyl (C=O) groups excluding carboxylic acids is 1. The van der Waals surface area contributed by atoms with Crippen molar-refractivity contribution in [1.29, 1.82) is 0 Å². The zero-order chi connectivity index (χ0) is 17.6. The summed E-state index contributed by atoms with van der Waals surface area (Å²) in [6, 6.07) is 15.6. The molecule has 0 fully saturated rings. The molecule has 6 heteroatoms. The first-order chi connectivity index (χ1) is 12.1. The molecule has 0 aliphatic rings. The van der Waals surface area contributed by atoms with Gasteiger partial charge < -0.3 is 5.32 Å². The number of amides is 1. The largest absolute Gasteiger partial charge is 0.325 e. The van der Waals surface area contributed by atoms with Crippen molar-refractivity contribution in [3.8, 4) is 0 Å². The van der Waals surface area contributed by atoms with Gasteiger partial charge in [-0.1, -0.05) is 24.3 Å². The summed E-state index contributed by atoms with van der Waals surface area (Å²) < 4.78 is 26.3. The second kappa shape index (κ2) is 8.00. The molecule has 3 nitrogen and oxygen atoms in total. The van der Waals surface area contributed by atoms with Crippen LogP contribution in [0, 0.1) is 11.6 Å². The zero-order valence-corrected chi connectivity index (χ0v) is 14.0. The Morgan fingerprint density at radius 1 is 1.00 bits per heavy atom. The molecule has 3 rings (SSSR count). The molecule has 1 unspecified atom stereocenters. The van der Waals surface area contributed by atoms with Gasteiger partial charge in [0, 0.05) is 10.6 Å². The Labute approximate surface area is 148 Å². The van der Waals surface area contributed by atoms with Crippen LogP contribution in [0.5, 0.6) is 0 Å². The number of halogens is 2. The van der Waals surface area contributed by atoms with E-state index in [0.29, 0.717) is 5.69 Å². The first kappa shape index (κ1) is 17.3. The quantitative estimate of drug-likeness (QED) is 0.688. The van der Waals surface area contributed by atoms with Crippen molar-refractivity contribution in [2.45, 2.75) is 6.04 Å². The minimum atomic E-state index is -0.409. The lowest BCUT2D eigenvalue weighted by molar-refractivity contribution is -0.115. The Morgan fingerprint density at radius 2 is 1.80 bits per heavy atom. The highest BCUT2D eigenvalue weighted by molar-refractivity contribution is 7.10. The molecule has 0 bridgehead atoms. The number of nitrogens with one attached hydrogen (secondary N) is 2. The molecular formula is C19H16F2N2OS. The molecule has 25 heavy (non-hydrogen) atoms. The minimum Gasteiger partial charge on any atom is -0.325 e. The third-order valence-corrected chi connectivity index (χ3v) is 4.54. The first-order valence-electron chi connectivity index (χ1n) is 7.69. The Bertz CT molecular complexity index is 835. The molecule has 0 saturated carbocycles. The van der Waals surface area contributed by atoms with Crippen molar-refractivity contribution in [1.82, 2.24) is 5.32 Å². The minimum absolute atomic E-state index is 0.0382. The molecule has 0 spiro atoms. The third-order valence-electron chi connectivity index (χ3n) is 3.61. The van der Waals surface area contributed by atoms with Gasteiger partial charge in [0.1, 0.15) is 11.6 Å². The summed E-state index contributed by atoms with van der Waals surface area (Å²) >= 11 is 1.55. The van der Waals surface area contributed by atoms with Crippen LogP contribution in [0.2, 0.25) is 0 Å². The van der Waals surface area contributed by atoms with Crippen LogP contribution in [-0.2, 0) is 4.79 Å². The molecule has 1 atom stereocenters. The second-order valence-electron chi connectivity index (χ2n) is 5.44. The summed E-state index contributed by atoms with van der Waals surface area (Å²) in [5.74, 6) is -1.000. The van der Waals surface area contributed by atoms with Gasteiger partial charge in [0.2, 0.25) is 5.91 Å². The maximum Gasteiger partial charge on any atom is 0.238 e. The van der Waals surface area contributed by atoms with E-state index in [-0.39, 0.29) is 24.3 Å². The zero-order valence-electron chi connectivity index (χ0n) is 13.2. The molecule has 3 aromatic rings. The van der Waals surface area contributed by atoms with E-state index in [9.17, 15) is 13.6 Å². The lowest BCUT2D eigenvalue weighted by Gasteiger charge is -2.18. The number of rotatable bonds is 6. The predicted molar refractivity (Wildman–Crippen MR) is 95.6 cm³/mol. The average molecular weight is 358 g/mol. The summed E-state index contributed by atoms with van der Waals surface area (Å²) in [6.45, 7) is 0.0382. The number of hydrogen-bond acceptors (Lipinski definition) is 3. The summed E-state index contributed by atoms with van der Waals surface area (Å²) in [4.78, 5) is 13.1. The summed E-state index contributed by atoms with van der Waals surface area (Å²) in [5.41, 5.74) is 1.27. The molecule has 0 aliphatic heterocycles. The van der Waals surface area contributed by atoms with Crippen LogP contribution >= 0.6 is 11.3 Å². The van der Waals surface area contributed by atoms with Gasteiger partial charge in [-0.3, -0.25) is 10.1 Å². The monoisotopic (exact) mass is 358 g/mol. The fourth-order valence-electron chi connectivity index (χ4n) is 2.46.